The highest BCUT2D eigenvalue weighted by Crippen LogP contribution is 2.02. The second-order valence-electron chi connectivity index (χ2n) is 1.98. The Hall–Kier alpha value is -0.300. The van der Waals surface area contributed by atoms with Crippen LogP contribution < -0.4 is 5.73 Å². The lowest BCUT2D eigenvalue weighted by Gasteiger charge is -2.04. The van der Waals surface area contributed by atoms with Crippen LogP contribution in [-0.2, 0) is 0 Å². The van der Waals surface area contributed by atoms with Gasteiger partial charge >= 0.3 is 0 Å². The van der Waals surface area contributed by atoms with Crippen LogP contribution >= 0.6 is 0 Å². The van der Waals surface area contributed by atoms with Crippen LogP contribution in [0.5, 0.6) is 0 Å². The highest BCUT2D eigenvalue weighted by Gasteiger charge is 1.94. The molecular weight excluding hydrogens is 86.1 g/mol. The molecule has 0 unspecified atom stereocenters. The van der Waals surface area contributed by atoms with E-state index in [1.165, 1.54) is 5.57 Å². The van der Waals surface area contributed by atoms with E-state index in [1.807, 2.05) is 6.92 Å². The van der Waals surface area contributed by atoms with Gasteiger partial charge in [0.15, 0.2) is 0 Å². The minimum atomic E-state index is 0.486. The standard InChI is InChI=1S/C6H13N/c1-5(2)6(3)4-7/h6H,1,4,7H2,2-3H3/t6-/m1/s1. The van der Waals surface area contributed by atoms with Gasteiger partial charge < -0.3 is 5.73 Å². The topological polar surface area (TPSA) is 26.0 Å². The van der Waals surface area contributed by atoms with Gasteiger partial charge in [0, 0.05) is 0 Å². The van der Waals surface area contributed by atoms with Crippen LogP contribution in [0.25, 0.3) is 0 Å². The second-order valence-corrected chi connectivity index (χ2v) is 1.98. The smallest absolute Gasteiger partial charge is 0.00144 e. The van der Waals surface area contributed by atoms with Crippen molar-refractivity contribution in [3.05, 3.63) is 12.2 Å². The van der Waals surface area contributed by atoms with E-state index in [1.54, 1.807) is 0 Å². The highest BCUT2D eigenvalue weighted by molar-refractivity contribution is 4.93. The molecule has 1 atom stereocenters. The summed E-state index contributed by atoms with van der Waals surface area (Å²) in [5.41, 5.74) is 6.48. The molecule has 42 valence electrons. The van der Waals surface area contributed by atoms with E-state index in [-0.39, 0.29) is 0 Å². The summed E-state index contributed by atoms with van der Waals surface area (Å²) in [6, 6.07) is 0. The van der Waals surface area contributed by atoms with Crippen LogP contribution in [0.15, 0.2) is 12.2 Å². The molecule has 0 saturated carbocycles. The monoisotopic (exact) mass is 99.1 g/mol. The van der Waals surface area contributed by atoms with Gasteiger partial charge in [0.2, 0.25) is 0 Å². The zero-order chi connectivity index (χ0) is 5.86. The van der Waals surface area contributed by atoms with Gasteiger partial charge in [-0.1, -0.05) is 19.1 Å². The van der Waals surface area contributed by atoms with Gasteiger partial charge in [0.1, 0.15) is 0 Å². The summed E-state index contributed by atoms with van der Waals surface area (Å²) in [6.07, 6.45) is 0. The number of rotatable bonds is 2. The largest absolute Gasteiger partial charge is 0.330 e. The van der Waals surface area contributed by atoms with Gasteiger partial charge in [0.05, 0.1) is 0 Å². The molecule has 0 aliphatic heterocycles. The summed E-state index contributed by atoms with van der Waals surface area (Å²) in [6.45, 7) is 8.53. The van der Waals surface area contributed by atoms with E-state index in [2.05, 4.69) is 13.5 Å². The molecule has 0 bridgehead atoms. The normalized spacial score (nSPS) is 13.6. The summed E-state index contributed by atoms with van der Waals surface area (Å²) < 4.78 is 0. The van der Waals surface area contributed by atoms with E-state index in [9.17, 15) is 0 Å². The van der Waals surface area contributed by atoms with E-state index >= 15 is 0 Å². The first-order valence-corrected chi connectivity index (χ1v) is 2.54. The van der Waals surface area contributed by atoms with Crippen LogP contribution in [0.4, 0.5) is 0 Å². The van der Waals surface area contributed by atoms with Gasteiger partial charge in [-0.3, -0.25) is 0 Å². The average molecular weight is 99.2 g/mol. The van der Waals surface area contributed by atoms with Gasteiger partial charge in [0.25, 0.3) is 0 Å². The lowest BCUT2D eigenvalue weighted by atomic mass is 10.1. The molecule has 7 heavy (non-hydrogen) atoms. The quantitative estimate of drug-likeness (QED) is 0.516. The molecule has 0 heterocycles. The van der Waals surface area contributed by atoms with Crippen molar-refractivity contribution in [3.8, 4) is 0 Å². The molecule has 1 nitrogen and oxygen atoms in total. The fraction of sp³-hybridized carbons (Fsp3) is 0.667. The van der Waals surface area contributed by atoms with Crippen LogP contribution in [0.2, 0.25) is 0 Å². The van der Waals surface area contributed by atoms with Crippen LogP contribution in [0.3, 0.4) is 0 Å². The Morgan fingerprint density at radius 2 is 2.29 bits per heavy atom. The predicted molar refractivity (Wildman–Crippen MR) is 33.0 cm³/mol. The molecule has 0 saturated heterocycles. The zero-order valence-electron chi connectivity index (χ0n) is 5.07. The number of hydrogen-bond acceptors (Lipinski definition) is 1. The Kier molecular flexibility index (Phi) is 2.68. The van der Waals surface area contributed by atoms with Crippen molar-refractivity contribution in [1.82, 2.24) is 0 Å². The molecule has 2 N–H and O–H groups in total. The third kappa shape index (κ3) is 2.40. The molecule has 0 aromatic rings. The summed E-state index contributed by atoms with van der Waals surface area (Å²) in [5, 5.41) is 0. The fourth-order valence-electron chi connectivity index (χ4n) is 0.201. The Labute approximate surface area is 45.2 Å². The van der Waals surface area contributed by atoms with Crippen LogP contribution in [0.1, 0.15) is 13.8 Å². The lowest BCUT2D eigenvalue weighted by Crippen LogP contribution is -2.10. The van der Waals surface area contributed by atoms with Gasteiger partial charge in [-0.15, -0.1) is 0 Å². The molecule has 0 aromatic heterocycles. The maximum absolute atomic E-state index is 5.31. The van der Waals surface area contributed by atoms with Crippen molar-refractivity contribution in [2.75, 3.05) is 6.54 Å². The first kappa shape index (κ1) is 6.70. The first-order chi connectivity index (χ1) is 3.18. The van der Waals surface area contributed by atoms with Gasteiger partial charge in [-0.2, -0.15) is 0 Å². The summed E-state index contributed by atoms with van der Waals surface area (Å²) in [5.74, 6) is 0.486. The predicted octanol–water partition coefficient (Wildman–Crippen LogP) is 1.16. The lowest BCUT2D eigenvalue weighted by molar-refractivity contribution is 0.697. The van der Waals surface area contributed by atoms with Crippen LogP contribution in [0, 0.1) is 5.92 Å². The number of nitrogens with two attached hydrogens (primary N) is 1. The molecular formula is C6H13N. The Morgan fingerprint density at radius 1 is 1.86 bits per heavy atom. The summed E-state index contributed by atoms with van der Waals surface area (Å²) >= 11 is 0. The van der Waals surface area contributed by atoms with Crippen molar-refractivity contribution in [2.45, 2.75) is 13.8 Å². The first-order valence-electron chi connectivity index (χ1n) is 2.54. The minimum absolute atomic E-state index is 0.486. The van der Waals surface area contributed by atoms with Crippen molar-refractivity contribution < 1.29 is 0 Å². The Balaban J connectivity index is 3.34. The third-order valence-corrected chi connectivity index (χ3v) is 1.19. The van der Waals surface area contributed by atoms with Gasteiger partial charge in [-0.25, -0.2) is 0 Å². The molecule has 0 radical (unpaired) electrons. The number of hydrogen-bond donors (Lipinski definition) is 1. The Bertz CT molecular complexity index is 66.6. The fourth-order valence-corrected chi connectivity index (χ4v) is 0.201. The van der Waals surface area contributed by atoms with Crippen molar-refractivity contribution in [2.24, 2.45) is 11.7 Å². The highest BCUT2D eigenvalue weighted by atomic mass is 14.5. The molecule has 1 heteroatoms. The SMILES string of the molecule is C=C(C)[C@H](C)CN. The molecule has 0 aromatic carbocycles. The average Bonchev–Trinajstić information content (AvgIpc) is 1.65. The molecule has 0 aliphatic rings. The molecule has 0 spiro atoms. The molecule has 0 amide bonds. The van der Waals surface area contributed by atoms with Gasteiger partial charge in [-0.05, 0) is 19.4 Å². The maximum Gasteiger partial charge on any atom is -0.00144 e. The molecule has 0 aliphatic carbocycles. The van der Waals surface area contributed by atoms with Crippen molar-refractivity contribution in [1.29, 1.82) is 0 Å². The van der Waals surface area contributed by atoms with E-state index in [4.69, 9.17) is 5.73 Å². The summed E-state index contributed by atoms with van der Waals surface area (Å²) in [4.78, 5) is 0. The summed E-state index contributed by atoms with van der Waals surface area (Å²) in [7, 11) is 0. The Morgan fingerprint density at radius 3 is 2.29 bits per heavy atom. The van der Waals surface area contributed by atoms with E-state index in [0.717, 1.165) is 6.54 Å². The third-order valence-electron chi connectivity index (χ3n) is 1.19. The van der Waals surface area contributed by atoms with Crippen molar-refractivity contribution in [3.63, 3.8) is 0 Å². The van der Waals surface area contributed by atoms with E-state index < -0.39 is 0 Å². The van der Waals surface area contributed by atoms with Crippen molar-refractivity contribution >= 4 is 0 Å². The van der Waals surface area contributed by atoms with Crippen LogP contribution in [-0.4, -0.2) is 6.54 Å². The molecule has 0 rings (SSSR count). The second kappa shape index (κ2) is 2.80. The maximum atomic E-state index is 5.31. The van der Waals surface area contributed by atoms with E-state index in [0.29, 0.717) is 5.92 Å². The minimum Gasteiger partial charge on any atom is -0.330 e. The zero-order valence-corrected chi connectivity index (χ0v) is 5.07. The molecule has 0 fully saturated rings.